The van der Waals surface area contributed by atoms with Gasteiger partial charge in [-0.2, -0.15) is 0 Å². The zero-order valence-electron chi connectivity index (χ0n) is 12.4. The Morgan fingerprint density at radius 2 is 1.09 bits per heavy atom. The summed E-state index contributed by atoms with van der Waals surface area (Å²) in [5, 5.41) is 6.83. The summed E-state index contributed by atoms with van der Waals surface area (Å²) in [6.45, 7) is 1.64. The first kappa shape index (κ1) is 14.1. The van der Waals surface area contributed by atoms with Crippen LogP contribution < -0.4 is 10.6 Å². The SMILES string of the molecule is c1ccc(CNc2ccc(NCc3ccncc3)cc2)cc1. The van der Waals surface area contributed by atoms with E-state index in [0.717, 1.165) is 24.5 Å². The molecule has 22 heavy (non-hydrogen) atoms. The van der Waals surface area contributed by atoms with E-state index in [0.29, 0.717) is 0 Å². The van der Waals surface area contributed by atoms with Crippen molar-refractivity contribution in [3.05, 3.63) is 90.3 Å². The fraction of sp³-hybridized carbons (Fsp3) is 0.105. The summed E-state index contributed by atoms with van der Waals surface area (Å²) in [6.07, 6.45) is 3.63. The lowest BCUT2D eigenvalue weighted by Crippen LogP contribution is -2.01. The normalized spacial score (nSPS) is 10.2. The van der Waals surface area contributed by atoms with Crippen LogP contribution in [-0.2, 0) is 13.1 Å². The zero-order valence-corrected chi connectivity index (χ0v) is 12.4. The number of nitrogens with zero attached hydrogens (tertiary/aromatic N) is 1. The standard InChI is InChI=1S/C19H19N3/c1-2-4-16(5-3-1)14-21-18-6-8-19(9-7-18)22-15-17-10-12-20-13-11-17/h1-13,21-22H,14-15H2. The summed E-state index contributed by atoms with van der Waals surface area (Å²) in [6, 6.07) is 22.8. The molecule has 1 heterocycles. The smallest absolute Gasteiger partial charge is 0.0401 e. The molecule has 3 rings (SSSR count). The topological polar surface area (TPSA) is 37.0 Å². The van der Waals surface area contributed by atoms with Gasteiger partial charge in [0, 0.05) is 36.9 Å². The number of aromatic nitrogens is 1. The van der Waals surface area contributed by atoms with Crippen LogP contribution in [0.2, 0.25) is 0 Å². The Kier molecular flexibility index (Phi) is 4.67. The molecule has 0 aliphatic carbocycles. The predicted octanol–water partition coefficient (Wildman–Crippen LogP) is 4.31. The van der Waals surface area contributed by atoms with Crippen LogP contribution in [0.3, 0.4) is 0 Å². The lowest BCUT2D eigenvalue weighted by molar-refractivity contribution is 1.12. The van der Waals surface area contributed by atoms with Gasteiger partial charge in [0.05, 0.1) is 0 Å². The molecule has 0 radical (unpaired) electrons. The van der Waals surface area contributed by atoms with Gasteiger partial charge in [-0.3, -0.25) is 4.98 Å². The summed E-state index contributed by atoms with van der Waals surface area (Å²) in [4.78, 5) is 4.02. The second-order valence-corrected chi connectivity index (χ2v) is 5.13. The van der Waals surface area contributed by atoms with Crippen molar-refractivity contribution in [2.75, 3.05) is 10.6 Å². The third-order valence-electron chi connectivity index (χ3n) is 3.47. The summed E-state index contributed by atoms with van der Waals surface area (Å²) in [5.74, 6) is 0. The van der Waals surface area contributed by atoms with Crippen molar-refractivity contribution in [3.63, 3.8) is 0 Å². The second kappa shape index (κ2) is 7.27. The Bertz CT molecular complexity index is 616. The highest BCUT2D eigenvalue weighted by molar-refractivity contribution is 5.53. The molecule has 0 atom stereocenters. The van der Waals surface area contributed by atoms with Crippen LogP contribution in [0.1, 0.15) is 11.1 Å². The molecule has 0 saturated heterocycles. The first-order valence-corrected chi connectivity index (χ1v) is 7.41. The largest absolute Gasteiger partial charge is 0.381 e. The molecule has 0 spiro atoms. The summed E-state index contributed by atoms with van der Waals surface area (Å²) in [5.41, 5.74) is 4.74. The van der Waals surface area contributed by atoms with Crippen molar-refractivity contribution >= 4 is 11.4 Å². The minimum absolute atomic E-state index is 0.805. The molecule has 0 fully saturated rings. The maximum atomic E-state index is 4.02. The lowest BCUT2D eigenvalue weighted by Gasteiger charge is -2.09. The van der Waals surface area contributed by atoms with E-state index in [2.05, 4.69) is 64.1 Å². The zero-order chi connectivity index (χ0) is 15.0. The van der Waals surface area contributed by atoms with E-state index in [1.54, 1.807) is 0 Å². The molecule has 0 amide bonds. The average molecular weight is 289 g/mol. The van der Waals surface area contributed by atoms with Crippen molar-refractivity contribution in [1.82, 2.24) is 4.98 Å². The van der Waals surface area contributed by atoms with E-state index in [4.69, 9.17) is 0 Å². The third-order valence-corrected chi connectivity index (χ3v) is 3.47. The molecule has 0 bridgehead atoms. The molecule has 1 aromatic heterocycles. The van der Waals surface area contributed by atoms with E-state index >= 15 is 0 Å². The summed E-state index contributed by atoms with van der Waals surface area (Å²) >= 11 is 0. The molecule has 2 aromatic carbocycles. The number of hydrogen-bond acceptors (Lipinski definition) is 3. The van der Waals surface area contributed by atoms with Crippen LogP contribution in [0, 0.1) is 0 Å². The van der Waals surface area contributed by atoms with Crippen LogP contribution in [0.4, 0.5) is 11.4 Å². The Morgan fingerprint density at radius 3 is 1.64 bits per heavy atom. The number of benzene rings is 2. The van der Waals surface area contributed by atoms with Gasteiger partial charge in [-0.25, -0.2) is 0 Å². The first-order valence-electron chi connectivity index (χ1n) is 7.41. The van der Waals surface area contributed by atoms with Crippen molar-refractivity contribution in [2.45, 2.75) is 13.1 Å². The van der Waals surface area contributed by atoms with E-state index in [9.17, 15) is 0 Å². The highest BCUT2D eigenvalue weighted by Gasteiger charge is 1.96. The monoisotopic (exact) mass is 289 g/mol. The minimum atomic E-state index is 0.805. The molecule has 110 valence electrons. The highest BCUT2D eigenvalue weighted by Crippen LogP contribution is 2.15. The molecule has 0 aliphatic heterocycles. The summed E-state index contributed by atoms with van der Waals surface area (Å²) in [7, 11) is 0. The van der Waals surface area contributed by atoms with Gasteiger partial charge in [-0.05, 0) is 47.5 Å². The van der Waals surface area contributed by atoms with Crippen molar-refractivity contribution in [1.29, 1.82) is 0 Å². The van der Waals surface area contributed by atoms with Gasteiger partial charge in [0.25, 0.3) is 0 Å². The van der Waals surface area contributed by atoms with Gasteiger partial charge in [0.2, 0.25) is 0 Å². The van der Waals surface area contributed by atoms with Gasteiger partial charge >= 0.3 is 0 Å². The van der Waals surface area contributed by atoms with Crippen molar-refractivity contribution in [3.8, 4) is 0 Å². The van der Waals surface area contributed by atoms with E-state index in [1.165, 1.54) is 11.1 Å². The maximum absolute atomic E-state index is 4.02. The molecule has 0 aliphatic rings. The van der Waals surface area contributed by atoms with E-state index in [1.807, 2.05) is 30.6 Å². The van der Waals surface area contributed by atoms with E-state index < -0.39 is 0 Å². The Labute approximate surface area is 131 Å². The molecule has 0 saturated carbocycles. The van der Waals surface area contributed by atoms with Crippen molar-refractivity contribution < 1.29 is 0 Å². The number of hydrogen-bond donors (Lipinski definition) is 2. The van der Waals surface area contributed by atoms with Crippen LogP contribution in [0.15, 0.2) is 79.1 Å². The van der Waals surface area contributed by atoms with Gasteiger partial charge in [-0.1, -0.05) is 30.3 Å². The van der Waals surface area contributed by atoms with Crippen molar-refractivity contribution in [2.24, 2.45) is 0 Å². The van der Waals surface area contributed by atoms with Gasteiger partial charge in [0.15, 0.2) is 0 Å². The van der Waals surface area contributed by atoms with Gasteiger partial charge < -0.3 is 10.6 Å². The fourth-order valence-corrected chi connectivity index (χ4v) is 2.21. The molecular weight excluding hydrogens is 270 g/mol. The van der Waals surface area contributed by atoms with Gasteiger partial charge in [-0.15, -0.1) is 0 Å². The molecule has 0 unspecified atom stereocenters. The van der Waals surface area contributed by atoms with Crippen LogP contribution in [0.5, 0.6) is 0 Å². The van der Waals surface area contributed by atoms with Crippen LogP contribution in [-0.4, -0.2) is 4.98 Å². The van der Waals surface area contributed by atoms with Gasteiger partial charge in [0.1, 0.15) is 0 Å². The lowest BCUT2D eigenvalue weighted by atomic mass is 10.2. The maximum Gasteiger partial charge on any atom is 0.0401 e. The fourth-order valence-electron chi connectivity index (χ4n) is 2.21. The Morgan fingerprint density at radius 1 is 0.591 bits per heavy atom. The molecule has 3 aromatic rings. The average Bonchev–Trinajstić information content (AvgIpc) is 2.61. The number of nitrogens with one attached hydrogen (secondary N) is 2. The summed E-state index contributed by atoms with van der Waals surface area (Å²) < 4.78 is 0. The van der Waals surface area contributed by atoms with E-state index in [-0.39, 0.29) is 0 Å². The number of pyridine rings is 1. The molecule has 3 nitrogen and oxygen atoms in total. The quantitative estimate of drug-likeness (QED) is 0.710. The minimum Gasteiger partial charge on any atom is -0.381 e. The second-order valence-electron chi connectivity index (χ2n) is 5.13. The molecular formula is C19H19N3. The van der Waals surface area contributed by atoms with Crippen LogP contribution in [0.25, 0.3) is 0 Å². The Balaban J connectivity index is 1.52. The highest BCUT2D eigenvalue weighted by atomic mass is 14.9. The predicted molar refractivity (Wildman–Crippen MR) is 91.8 cm³/mol. The Hall–Kier alpha value is -2.81. The number of anilines is 2. The third kappa shape index (κ3) is 4.09. The number of rotatable bonds is 6. The molecule has 2 N–H and O–H groups in total. The molecule has 3 heteroatoms. The first-order chi connectivity index (χ1) is 10.9. The van der Waals surface area contributed by atoms with Crippen LogP contribution >= 0.6 is 0 Å².